The molecule has 0 heterocycles. The molecule has 1 unspecified atom stereocenters. The van der Waals surface area contributed by atoms with Gasteiger partial charge in [-0.2, -0.15) is 0 Å². The van der Waals surface area contributed by atoms with Crippen molar-refractivity contribution in [3.05, 3.63) is 29.8 Å². The van der Waals surface area contributed by atoms with Crippen LogP contribution in [0.5, 0.6) is 0 Å². The summed E-state index contributed by atoms with van der Waals surface area (Å²) in [6, 6.07) is 7.87. The van der Waals surface area contributed by atoms with E-state index in [1.807, 2.05) is 38.1 Å². The molecule has 0 fully saturated rings. The monoisotopic (exact) mass is 432 g/mol. The van der Waals surface area contributed by atoms with E-state index in [2.05, 4.69) is 27.9 Å². The van der Waals surface area contributed by atoms with Gasteiger partial charge in [-0.25, -0.2) is 0 Å². The van der Waals surface area contributed by atoms with Gasteiger partial charge < -0.3 is 16.0 Å². The van der Waals surface area contributed by atoms with Crippen molar-refractivity contribution in [2.75, 3.05) is 18.9 Å². The Balaban J connectivity index is 0.00000484. The average molecular weight is 432 g/mol. The van der Waals surface area contributed by atoms with Gasteiger partial charge in [-0.3, -0.25) is 9.79 Å². The summed E-state index contributed by atoms with van der Waals surface area (Å²) in [6.07, 6.45) is 1.89. The number of anilines is 1. The smallest absolute Gasteiger partial charge is 0.227 e. The molecular formula is C17H29IN4O. The van der Waals surface area contributed by atoms with Crippen molar-refractivity contribution in [3.8, 4) is 0 Å². The molecule has 0 bridgehead atoms. The second-order valence-electron chi connectivity index (χ2n) is 5.35. The van der Waals surface area contributed by atoms with E-state index in [1.165, 1.54) is 0 Å². The first-order valence-corrected chi connectivity index (χ1v) is 7.95. The van der Waals surface area contributed by atoms with Crippen LogP contribution >= 0.6 is 24.0 Å². The minimum Gasteiger partial charge on any atom is -0.356 e. The number of hydrogen-bond donors (Lipinski definition) is 3. The molecule has 1 atom stereocenters. The molecule has 1 amide bonds. The van der Waals surface area contributed by atoms with E-state index in [-0.39, 0.29) is 35.8 Å². The first kappa shape index (κ1) is 21.7. The topological polar surface area (TPSA) is 65.5 Å². The molecule has 5 nitrogen and oxygen atoms in total. The van der Waals surface area contributed by atoms with Gasteiger partial charge in [0.05, 0.1) is 0 Å². The number of rotatable bonds is 7. The maximum atomic E-state index is 11.9. The number of nitrogens with zero attached hydrogens (tertiary/aromatic N) is 1. The van der Waals surface area contributed by atoms with E-state index in [4.69, 9.17) is 0 Å². The Hall–Kier alpha value is -1.31. The fourth-order valence-corrected chi connectivity index (χ4v) is 1.86. The Morgan fingerprint density at radius 3 is 2.61 bits per heavy atom. The van der Waals surface area contributed by atoms with Crippen LogP contribution in [0.15, 0.2) is 29.3 Å². The Labute approximate surface area is 156 Å². The van der Waals surface area contributed by atoms with Gasteiger partial charge >= 0.3 is 0 Å². The zero-order valence-electron chi connectivity index (χ0n) is 14.5. The third kappa shape index (κ3) is 8.20. The van der Waals surface area contributed by atoms with Crippen LogP contribution in [0.1, 0.15) is 39.2 Å². The maximum absolute atomic E-state index is 11.9. The lowest BCUT2D eigenvalue weighted by Gasteiger charge is -2.13. The van der Waals surface area contributed by atoms with Gasteiger partial charge in [0.25, 0.3) is 0 Å². The van der Waals surface area contributed by atoms with Gasteiger partial charge in [0, 0.05) is 31.7 Å². The first-order valence-electron chi connectivity index (χ1n) is 7.95. The molecule has 0 aromatic heterocycles. The van der Waals surface area contributed by atoms with Crippen molar-refractivity contribution in [3.63, 3.8) is 0 Å². The number of carbonyl (C=O) groups excluding carboxylic acids is 1. The SMILES string of the molecule is CCCNC(=NC)NCc1cccc(NC(=O)C(C)CC)c1.I. The number of carbonyl (C=O) groups is 1. The lowest BCUT2D eigenvalue weighted by Crippen LogP contribution is -2.37. The van der Waals surface area contributed by atoms with Crippen LogP contribution in [-0.4, -0.2) is 25.5 Å². The largest absolute Gasteiger partial charge is 0.356 e. The van der Waals surface area contributed by atoms with Gasteiger partial charge in [0.15, 0.2) is 5.96 Å². The van der Waals surface area contributed by atoms with Crippen LogP contribution in [0.25, 0.3) is 0 Å². The molecule has 3 N–H and O–H groups in total. The van der Waals surface area contributed by atoms with Crippen molar-refractivity contribution in [1.29, 1.82) is 0 Å². The van der Waals surface area contributed by atoms with Crippen LogP contribution in [0, 0.1) is 5.92 Å². The first-order chi connectivity index (χ1) is 10.6. The summed E-state index contributed by atoms with van der Waals surface area (Å²) in [5, 5.41) is 9.45. The molecule has 1 aromatic rings. The number of benzene rings is 1. The third-order valence-corrected chi connectivity index (χ3v) is 3.48. The third-order valence-electron chi connectivity index (χ3n) is 3.48. The Morgan fingerprint density at radius 1 is 1.26 bits per heavy atom. The van der Waals surface area contributed by atoms with Gasteiger partial charge in [0.1, 0.15) is 0 Å². The molecule has 0 saturated heterocycles. The summed E-state index contributed by atoms with van der Waals surface area (Å²) in [5.41, 5.74) is 1.93. The number of nitrogens with one attached hydrogen (secondary N) is 3. The van der Waals surface area contributed by atoms with E-state index in [9.17, 15) is 4.79 Å². The summed E-state index contributed by atoms with van der Waals surface area (Å²) in [6.45, 7) is 7.62. The highest BCUT2D eigenvalue weighted by molar-refractivity contribution is 14.0. The quantitative estimate of drug-likeness (QED) is 0.352. The second-order valence-corrected chi connectivity index (χ2v) is 5.35. The normalized spacial score (nSPS) is 12.1. The molecule has 0 aliphatic rings. The molecule has 1 aromatic carbocycles. The number of aliphatic imine (C=N–C) groups is 1. The molecule has 0 aliphatic heterocycles. The minimum absolute atomic E-state index is 0. The summed E-state index contributed by atoms with van der Waals surface area (Å²) >= 11 is 0. The van der Waals surface area contributed by atoms with Gasteiger partial charge in [0.2, 0.25) is 5.91 Å². The van der Waals surface area contributed by atoms with E-state index in [0.29, 0.717) is 6.54 Å². The van der Waals surface area contributed by atoms with Crippen LogP contribution < -0.4 is 16.0 Å². The van der Waals surface area contributed by atoms with Gasteiger partial charge in [-0.05, 0) is 30.5 Å². The van der Waals surface area contributed by atoms with Crippen molar-refractivity contribution in [1.82, 2.24) is 10.6 Å². The standard InChI is InChI=1S/C17H28N4O.HI/c1-5-10-19-17(18-4)20-12-14-8-7-9-15(11-14)21-16(22)13(3)6-2;/h7-9,11,13H,5-6,10,12H2,1-4H3,(H,21,22)(H2,18,19,20);1H. The number of halogens is 1. The van der Waals surface area contributed by atoms with Crippen molar-refractivity contribution in [2.45, 2.75) is 40.2 Å². The fourth-order valence-electron chi connectivity index (χ4n) is 1.86. The van der Waals surface area contributed by atoms with Crippen molar-refractivity contribution >= 4 is 41.5 Å². The van der Waals surface area contributed by atoms with Crippen molar-refractivity contribution < 1.29 is 4.79 Å². The highest BCUT2D eigenvalue weighted by Crippen LogP contribution is 2.13. The molecule has 0 aliphatic carbocycles. The predicted octanol–water partition coefficient (Wildman–Crippen LogP) is 3.36. The van der Waals surface area contributed by atoms with Gasteiger partial charge in [-0.15, -0.1) is 24.0 Å². The molecule has 0 saturated carbocycles. The van der Waals surface area contributed by atoms with E-state index in [1.54, 1.807) is 7.05 Å². The lowest BCUT2D eigenvalue weighted by atomic mass is 10.1. The molecule has 23 heavy (non-hydrogen) atoms. The lowest BCUT2D eigenvalue weighted by molar-refractivity contribution is -0.119. The fraction of sp³-hybridized carbons (Fsp3) is 0.529. The molecule has 130 valence electrons. The second kappa shape index (κ2) is 12.2. The molecule has 0 spiro atoms. The summed E-state index contributed by atoms with van der Waals surface area (Å²) in [7, 11) is 1.76. The Kier molecular flexibility index (Phi) is 11.5. The maximum Gasteiger partial charge on any atom is 0.227 e. The minimum atomic E-state index is 0. The van der Waals surface area contributed by atoms with Gasteiger partial charge in [-0.1, -0.05) is 32.9 Å². The van der Waals surface area contributed by atoms with Crippen LogP contribution in [-0.2, 0) is 11.3 Å². The van der Waals surface area contributed by atoms with E-state index in [0.717, 1.165) is 36.6 Å². The zero-order valence-corrected chi connectivity index (χ0v) is 16.8. The van der Waals surface area contributed by atoms with Crippen molar-refractivity contribution in [2.24, 2.45) is 10.9 Å². The zero-order chi connectivity index (χ0) is 16.4. The predicted molar refractivity (Wildman–Crippen MR) is 108 cm³/mol. The summed E-state index contributed by atoms with van der Waals surface area (Å²) < 4.78 is 0. The number of amides is 1. The average Bonchev–Trinajstić information content (AvgIpc) is 2.54. The summed E-state index contributed by atoms with van der Waals surface area (Å²) in [5.74, 6) is 0.878. The van der Waals surface area contributed by atoms with Crippen LogP contribution in [0.4, 0.5) is 5.69 Å². The molecule has 0 radical (unpaired) electrons. The highest BCUT2D eigenvalue weighted by Gasteiger charge is 2.10. The molecular weight excluding hydrogens is 403 g/mol. The van der Waals surface area contributed by atoms with E-state index >= 15 is 0 Å². The van der Waals surface area contributed by atoms with Crippen LogP contribution in [0.3, 0.4) is 0 Å². The Bertz CT molecular complexity index is 505. The van der Waals surface area contributed by atoms with Crippen LogP contribution in [0.2, 0.25) is 0 Å². The number of hydrogen-bond acceptors (Lipinski definition) is 2. The highest BCUT2D eigenvalue weighted by atomic mass is 127. The molecule has 1 rings (SSSR count). The van der Waals surface area contributed by atoms with E-state index < -0.39 is 0 Å². The summed E-state index contributed by atoms with van der Waals surface area (Å²) in [4.78, 5) is 16.1. The number of guanidine groups is 1. The molecule has 6 heteroatoms. The Morgan fingerprint density at radius 2 is 2.00 bits per heavy atom.